The minimum atomic E-state index is 0.622. The van der Waals surface area contributed by atoms with Gasteiger partial charge in [0.15, 0.2) is 17.5 Å². The second-order valence-electron chi connectivity index (χ2n) is 14.4. The van der Waals surface area contributed by atoms with Crippen molar-refractivity contribution in [2.24, 2.45) is 0 Å². The Hall–Kier alpha value is -7.69. The second kappa shape index (κ2) is 13.6. The number of aromatic nitrogens is 3. The fourth-order valence-electron chi connectivity index (χ4n) is 8.27. The SMILES string of the molecule is c1ccc(-c2nc(-c3ccc(-c4ccc5ccccc5c4)cc3)nc(-c3ccc4c(c3)N(c3ccccc3)c3ccc(-c5ccccc5)c5cccc-4c35)n2)cc1. The van der Waals surface area contributed by atoms with Crippen LogP contribution in [0.4, 0.5) is 17.1 Å². The lowest BCUT2D eigenvalue weighted by molar-refractivity contribution is 1.07. The lowest BCUT2D eigenvalue weighted by Gasteiger charge is -2.34. The summed E-state index contributed by atoms with van der Waals surface area (Å²) in [5.74, 6) is 1.89. The van der Waals surface area contributed by atoms with Gasteiger partial charge in [0.1, 0.15) is 0 Å². The van der Waals surface area contributed by atoms with Gasteiger partial charge in [0.05, 0.1) is 11.4 Å². The quantitative estimate of drug-likeness (QED) is 0.171. The highest BCUT2D eigenvalue weighted by Crippen LogP contribution is 2.53. The Morgan fingerprint density at radius 3 is 1.60 bits per heavy atom. The third kappa shape index (κ3) is 5.74. The summed E-state index contributed by atoms with van der Waals surface area (Å²) >= 11 is 0. The molecule has 0 amide bonds. The summed E-state index contributed by atoms with van der Waals surface area (Å²) in [4.78, 5) is 17.7. The first-order valence-electron chi connectivity index (χ1n) is 19.3. The van der Waals surface area contributed by atoms with Crippen LogP contribution in [0.1, 0.15) is 0 Å². The highest BCUT2D eigenvalue weighted by molar-refractivity contribution is 6.17. The second-order valence-corrected chi connectivity index (χ2v) is 14.4. The zero-order chi connectivity index (χ0) is 37.7. The molecule has 1 aliphatic rings. The van der Waals surface area contributed by atoms with Crippen LogP contribution in [0.15, 0.2) is 206 Å². The molecule has 10 aromatic rings. The van der Waals surface area contributed by atoms with Gasteiger partial charge in [-0.1, -0.05) is 176 Å². The normalized spacial score (nSPS) is 11.8. The van der Waals surface area contributed by atoms with Gasteiger partial charge in [0.25, 0.3) is 0 Å². The van der Waals surface area contributed by atoms with Crippen LogP contribution in [0.2, 0.25) is 0 Å². The van der Waals surface area contributed by atoms with Crippen molar-refractivity contribution in [2.45, 2.75) is 0 Å². The van der Waals surface area contributed by atoms with Crippen molar-refractivity contribution < 1.29 is 0 Å². The van der Waals surface area contributed by atoms with Crippen LogP contribution in [0.5, 0.6) is 0 Å². The van der Waals surface area contributed by atoms with Crippen molar-refractivity contribution in [3.05, 3.63) is 206 Å². The van der Waals surface area contributed by atoms with Gasteiger partial charge in [-0.15, -0.1) is 0 Å². The summed E-state index contributed by atoms with van der Waals surface area (Å²) in [6.07, 6.45) is 0. The monoisotopic (exact) mass is 726 g/mol. The van der Waals surface area contributed by atoms with Gasteiger partial charge in [0.2, 0.25) is 0 Å². The Balaban J connectivity index is 1.06. The van der Waals surface area contributed by atoms with Crippen molar-refractivity contribution in [1.29, 1.82) is 0 Å². The van der Waals surface area contributed by atoms with Gasteiger partial charge in [-0.05, 0) is 74.3 Å². The Labute approximate surface area is 331 Å². The molecule has 57 heavy (non-hydrogen) atoms. The maximum Gasteiger partial charge on any atom is 0.164 e. The summed E-state index contributed by atoms with van der Waals surface area (Å²) in [6.45, 7) is 0. The molecule has 0 saturated heterocycles. The summed E-state index contributed by atoms with van der Waals surface area (Å²) in [7, 11) is 0. The van der Waals surface area contributed by atoms with Gasteiger partial charge in [-0.25, -0.2) is 15.0 Å². The van der Waals surface area contributed by atoms with E-state index in [2.05, 4.69) is 193 Å². The largest absolute Gasteiger partial charge is 0.309 e. The van der Waals surface area contributed by atoms with Gasteiger partial charge in [0, 0.05) is 33.3 Å². The van der Waals surface area contributed by atoms with Gasteiger partial charge in [-0.3, -0.25) is 0 Å². The Morgan fingerprint density at radius 2 is 0.860 bits per heavy atom. The molecular formula is C53H34N4. The molecule has 0 aliphatic carbocycles. The molecule has 9 aromatic carbocycles. The van der Waals surface area contributed by atoms with Crippen molar-refractivity contribution in [2.75, 3.05) is 4.90 Å². The van der Waals surface area contributed by atoms with E-state index in [1.807, 2.05) is 18.2 Å². The highest BCUT2D eigenvalue weighted by Gasteiger charge is 2.28. The van der Waals surface area contributed by atoms with Gasteiger partial charge >= 0.3 is 0 Å². The highest BCUT2D eigenvalue weighted by atomic mass is 15.2. The molecule has 0 unspecified atom stereocenters. The summed E-state index contributed by atoms with van der Waals surface area (Å²) < 4.78 is 0. The van der Waals surface area contributed by atoms with E-state index in [-0.39, 0.29) is 0 Å². The lowest BCUT2D eigenvalue weighted by atomic mass is 9.87. The zero-order valence-electron chi connectivity index (χ0n) is 30.9. The molecule has 0 radical (unpaired) electrons. The summed E-state index contributed by atoms with van der Waals surface area (Å²) in [5.41, 5.74) is 13.2. The maximum atomic E-state index is 5.18. The average Bonchev–Trinajstić information content (AvgIpc) is 3.29. The van der Waals surface area contributed by atoms with E-state index < -0.39 is 0 Å². The molecule has 1 aliphatic heterocycles. The van der Waals surface area contributed by atoms with Crippen LogP contribution in [0.3, 0.4) is 0 Å². The number of hydrogen-bond donors (Lipinski definition) is 0. The Morgan fingerprint density at radius 1 is 0.298 bits per heavy atom. The van der Waals surface area contributed by atoms with Crippen molar-refractivity contribution in [1.82, 2.24) is 15.0 Å². The molecule has 1 aromatic heterocycles. The molecule has 11 rings (SSSR count). The van der Waals surface area contributed by atoms with Crippen LogP contribution in [0.25, 0.3) is 89.1 Å². The van der Waals surface area contributed by atoms with E-state index in [0.717, 1.165) is 44.9 Å². The fourth-order valence-corrected chi connectivity index (χ4v) is 8.27. The number of para-hydroxylation sites is 1. The third-order valence-corrected chi connectivity index (χ3v) is 11.0. The molecular weight excluding hydrogens is 693 g/mol. The lowest BCUT2D eigenvalue weighted by Crippen LogP contribution is -2.15. The predicted octanol–water partition coefficient (Wildman–Crippen LogP) is 14.0. The molecule has 0 bridgehead atoms. The average molecular weight is 727 g/mol. The number of nitrogens with zero attached hydrogens (tertiary/aromatic N) is 4. The van der Waals surface area contributed by atoms with Gasteiger partial charge in [-0.2, -0.15) is 0 Å². The van der Waals surface area contributed by atoms with Gasteiger partial charge < -0.3 is 4.90 Å². The third-order valence-electron chi connectivity index (χ3n) is 11.0. The molecule has 266 valence electrons. The number of anilines is 3. The standard InChI is InChI=1S/C53H34N4/c1-4-14-37(15-5-1)44-31-32-48-50-46(44)21-12-22-47(50)45-30-29-42(34-49(45)57(48)43-19-8-3-9-20-43)53-55-51(38-16-6-2-7-17-38)54-52(56-53)39-26-23-36(24-27-39)41-28-25-35-13-10-11-18-40(35)33-41/h1-34H. The first-order chi connectivity index (χ1) is 28.2. The topological polar surface area (TPSA) is 41.9 Å². The molecule has 0 saturated carbocycles. The minimum absolute atomic E-state index is 0.622. The first kappa shape index (κ1) is 32.7. The number of rotatable bonds is 6. The molecule has 0 atom stereocenters. The summed E-state index contributed by atoms with van der Waals surface area (Å²) in [5, 5.41) is 4.93. The van der Waals surface area contributed by atoms with E-state index >= 15 is 0 Å². The molecule has 0 fully saturated rings. The van der Waals surface area contributed by atoms with E-state index in [0.29, 0.717) is 17.5 Å². The number of fused-ring (bicyclic) bond motifs is 3. The Kier molecular flexibility index (Phi) is 7.78. The summed E-state index contributed by atoms with van der Waals surface area (Å²) in [6, 6.07) is 72.9. The van der Waals surface area contributed by atoms with Crippen molar-refractivity contribution >= 4 is 38.6 Å². The van der Waals surface area contributed by atoms with Crippen molar-refractivity contribution in [3.63, 3.8) is 0 Å². The minimum Gasteiger partial charge on any atom is -0.309 e. The smallest absolute Gasteiger partial charge is 0.164 e. The van der Waals surface area contributed by atoms with Crippen LogP contribution in [0, 0.1) is 0 Å². The van der Waals surface area contributed by atoms with Crippen LogP contribution < -0.4 is 4.90 Å². The van der Waals surface area contributed by atoms with E-state index in [9.17, 15) is 0 Å². The van der Waals surface area contributed by atoms with E-state index in [4.69, 9.17) is 15.0 Å². The molecule has 4 heteroatoms. The van der Waals surface area contributed by atoms with Crippen LogP contribution >= 0.6 is 0 Å². The number of hydrogen-bond acceptors (Lipinski definition) is 4. The van der Waals surface area contributed by atoms with Crippen LogP contribution in [-0.4, -0.2) is 15.0 Å². The van der Waals surface area contributed by atoms with E-state index in [1.54, 1.807) is 0 Å². The zero-order valence-corrected chi connectivity index (χ0v) is 30.9. The predicted molar refractivity (Wildman–Crippen MR) is 236 cm³/mol. The molecule has 0 N–H and O–H groups in total. The Bertz CT molecular complexity index is 3110. The molecule has 2 heterocycles. The number of benzene rings is 9. The fraction of sp³-hybridized carbons (Fsp3) is 0. The molecule has 0 spiro atoms. The molecule has 4 nitrogen and oxygen atoms in total. The first-order valence-corrected chi connectivity index (χ1v) is 19.3. The maximum absolute atomic E-state index is 5.18. The van der Waals surface area contributed by atoms with E-state index in [1.165, 1.54) is 43.8 Å². The van der Waals surface area contributed by atoms with Crippen LogP contribution in [-0.2, 0) is 0 Å². The van der Waals surface area contributed by atoms with Crippen molar-refractivity contribution in [3.8, 4) is 67.5 Å².